The Kier molecular flexibility index (Phi) is 6.40. The van der Waals surface area contributed by atoms with E-state index in [9.17, 15) is 9.59 Å². The van der Waals surface area contributed by atoms with Gasteiger partial charge in [-0.25, -0.2) is 0 Å². The van der Waals surface area contributed by atoms with E-state index < -0.39 is 12.0 Å². The second kappa shape index (κ2) is 8.52. The molecule has 0 fully saturated rings. The number of aromatic nitrogens is 3. The first kappa shape index (κ1) is 18.8. The van der Waals surface area contributed by atoms with Crippen molar-refractivity contribution in [3.05, 3.63) is 29.8 Å². The van der Waals surface area contributed by atoms with Gasteiger partial charge in [-0.3, -0.25) is 14.2 Å². The number of benzene rings is 1. The highest BCUT2D eigenvalue weighted by atomic mass is 32.2. The number of hydrogen-bond acceptors (Lipinski definition) is 7. The van der Waals surface area contributed by atoms with Gasteiger partial charge in [-0.2, -0.15) is 0 Å². The molecule has 1 unspecified atom stereocenters. The maximum atomic E-state index is 12.7. The van der Waals surface area contributed by atoms with E-state index in [1.807, 2.05) is 38.1 Å². The molecule has 134 valence electrons. The zero-order chi connectivity index (χ0) is 18.4. The van der Waals surface area contributed by atoms with E-state index >= 15 is 0 Å². The lowest BCUT2D eigenvalue weighted by Gasteiger charge is -2.19. The SMILES string of the molecule is CCC(C(=O)Nc1ccc(C)cc1)n1c(N)nnc1SCC(=O)OC. The molecule has 1 aromatic carbocycles. The second-order valence-electron chi connectivity index (χ2n) is 5.35. The molecule has 2 aromatic rings. The first-order valence-corrected chi connectivity index (χ1v) is 8.72. The van der Waals surface area contributed by atoms with Crippen molar-refractivity contribution in [1.29, 1.82) is 0 Å². The minimum absolute atomic E-state index is 0.0602. The number of esters is 1. The number of anilines is 2. The summed E-state index contributed by atoms with van der Waals surface area (Å²) in [5.74, 6) is -0.434. The van der Waals surface area contributed by atoms with Crippen LogP contribution in [0.2, 0.25) is 0 Å². The van der Waals surface area contributed by atoms with Crippen molar-refractivity contribution < 1.29 is 14.3 Å². The largest absolute Gasteiger partial charge is 0.468 e. The molecule has 25 heavy (non-hydrogen) atoms. The number of rotatable bonds is 7. The molecule has 1 heterocycles. The molecular weight excluding hydrogens is 342 g/mol. The van der Waals surface area contributed by atoms with Crippen LogP contribution in [-0.2, 0) is 14.3 Å². The van der Waals surface area contributed by atoms with Crippen LogP contribution in [0.4, 0.5) is 11.6 Å². The number of aryl methyl sites for hydroxylation is 1. The Morgan fingerprint density at radius 1 is 1.32 bits per heavy atom. The Hall–Kier alpha value is -2.55. The van der Waals surface area contributed by atoms with Crippen molar-refractivity contribution in [3.63, 3.8) is 0 Å². The number of carbonyl (C=O) groups excluding carboxylic acids is 2. The Labute approximate surface area is 150 Å². The highest BCUT2D eigenvalue weighted by molar-refractivity contribution is 7.99. The molecule has 1 amide bonds. The van der Waals surface area contributed by atoms with Gasteiger partial charge < -0.3 is 15.8 Å². The Bertz CT molecular complexity index is 745. The smallest absolute Gasteiger partial charge is 0.316 e. The summed E-state index contributed by atoms with van der Waals surface area (Å²) in [7, 11) is 1.31. The number of methoxy groups -OCH3 is 1. The van der Waals surface area contributed by atoms with Crippen molar-refractivity contribution in [2.75, 3.05) is 23.9 Å². The first-order chi connectivity index (χ1) is 12.0. The molecule has 9 heteroatoms. The quantitative estimate of drug-likeness (QED) is 0.571. The molecule has 0 bridgehead atoms. The van der Waals surface area contributed by atoms with Gasteiger partial charge in [-0.15, -0.1) is 10.2 Å². The zero-order valence-electron chi connectivity index (χ0n) is 14.4. The third kappa shape index (κ3) is 4.72. The number of nitrogen functional groups attached to an aromatic ring is 1. The lowest BCUT2D eigenvalue weighted by molar-refractivity contribution is -0.137. The lowest BCUT2D eigenvalue weighted by Crippen LogP contribution is -2.27. The standard InChI is InChI=1S/C16H21N5O3S/c1-4-12(14(23)18-11-7-5-10(2)6-8-11)21-15(17)19-20-16(21)25-9-13(22)24-3/h5-8,12H,4,9H2,1-3H3,(H2,17,19)(H,18,23). The van der Waals surface area contributed by atoms with E-state index in [-0.39, 0.29) is 17.6 Å². The van der Waals surface area contributed by atoms with E-state index in [1.165, 1.54) is 11.7 Å². The number of amides is 1. The van der Waals surface area contributed by atoms with Gasteiger partial charge in [-0.1, -0.05) is 36.4 Å². The molecule has 1 aromatic heterocycles. The van der Waals surface area contributed by atoms with Gasteiger partial charge in [0.1, 0.15) is 6.04 Å². The fourth-order valence-electron chi connectivity index (χ4n) is 2.21. The number of thioether (sulfide) groups is 1. The highest BCUT2D eigenvalue weighted by Gasteiger charge is 2.25. The summed E-state index contributed by atoms with van der Waals surface area (Å²) < 4.78 is 6.15. The molecule has 0 aliphatic heterocycles. The van der Waals surface area contributed by atoms with Crippen LogP contribution >= 0.6 is 11.8 Å². The van der Waals surface area contributed by atoms with E-state index in [4.69, 9.17) is 5.73 Å². The molecule has 0 spiro atoms. The molecule has 0 saturated carbocycles. The summed E-state index contributed by atoms with van der Waals surface area (Å²) in [5.41, 5.74) is 7.69. The Morgan fingerprint density at radius 3 is 2.60 bits per heavy atom. The van der Waals surface area contributed by atoms with Crippen LogP contribution in [-0.4, -0.2) is 39.5 Å². The van der Waals surface area contributed by atoms with Crippen molar-refractivity contribution in [2.45, 2.75) is 31.5 Å². The van der Waals surface area contributed by atoms with Crippen LogP contribution in [0, 0.1) is 6.92 Å². The van der Waals surface area contributed by atoms with Crippen molar-refractivity contribution >= 4 is 35.3 Å². The van der Waals surface area contributed by atoms with E-state index in [2.05, 4.69) is 20.3 Å². The minimum atomic E-state index is -0.587. The fourth-order valence-corrected chi connectivity index (χ4v) is 3.03. The van der Waals surface area contributed by atoms with Gasteiger partial charge >= 0.3 is 5.97 Å². The first-order valence-electron chi connectivity index (χ1n) is 7.73. The number of ether oxygens (including phenoxy) is 1. The van der Waals surface area contributed by atoms with E-state index in [0.717, 1.165) is 17.3 Å². The molecule has 3 N–H and O–H groups in total. The third-order valence-corrected chi connectivity index (χ3v) is 4.47. The van der Waals surface area contributed by atoms with Crippen molar-refractivity contribution in [1.82, 2.24) is 14.8 Å². The van der Waals surface area contributed by atoms with Crippen LogP contribution in [0.5, 0.6) is 0 Å². The van der Waals surface area contributed by atoms with Crippen molar-refractivity contribution in [2.24, 2.45) is 0 Å². The average molecular weight is 363 g/mol. The molecule has 8 nitrogen and oxygen atoms in total. The average Bonchev–Trinajstić information content (AvgIpc) is 2.96. The monoisotopic (exact) mass is 363 g/mol. The predicted octanol–water partition coefficient (Wildman–Crippen LogP) is 2.02. The number of carbonyl (C=O) groups is 2. The van der Waals surface area contributed by atoms with Gasteiger partial charge in [0.05, 0.1) is 12.9 Å². The second-order valence-corrected chi connectivity index (χ2v) is 6.30. The maximum absolute atomic E-state index is 12.7. The molecule has 0 radical (unpaired) electrons. The molecule has 0 aliphatic rings. The Balaban J connectivity index is 2.18. The maximum Gasteiger partial charge on any atom is 0.316 e. The van der Waals surface area contributed by atoms with Crippen LogP contribution in [0.15, 0.2) is 29.4 Å². The highest BCUT2D eigenvalue weighted by Crippen LogP contribution is 2.26. The number of hydrogen-bond donors (Lipinski definition) is 2. The van der Waals surface area contributed by atoms with Gasteiger partial charge in [-0.05, 0) is 25.5 Å². The predicted molar refractivity (Wildman–Crippen MR) is 96.3 cm³/mol. The topological polar surface area (TPSA) is 112 Å². The number of nitrogens with zero attached hydrogens (tertiary/aromatic N) is 3. The molecule has 0 saturated heterocycles. The summed E-state index contributed by atoms with van der Waals surface area (Å²) in [6.45, 7) is 3.84. The van der Waals surface area contributed by atoms with E-state index in [1.54, 1.807) is 0 Å². The van der Waals surface area contributed by atoms with Crippen LogP contribution in [0.1, 0.15) is 24.9 Å². The van der Waals surface area contributed by atoms with Crippen LogP contribution in [0.25, 0.3) is 0 Å². The summed E-state index contributed by atoms with van der Waals surface area (Å²) in [6, 6.07) is 6.92. The molecular formula is C16H21N5O3S. The Morgan fingerprint density at radius 2 is 2.00 bits per heavy atom. The number of nitrogens with one attached hydrogen (secondary N) is 1. The van der Waals surface area contributed by atoms with Gasteiger partial charge in [0, 0.05) is 5.69 Å². The fraction of sp³-hybridized carbons (Fsp3) is 0.375. The van der Waals surface area contributed by atoms with Gasteiger partial charge in [0.25, 0.3) is 0 Å². The summed E-state index contributed by atoms with van der Waals surface area (Å²) in [6.07, 6.45) is 0.492. The summed E-state index contributed by atoms with van der Waals surface area (Å²) >= 11 is 1.12. The summed E-state index contributed by atoms with van der Waals surface area (Å²) in [5, 5.41) is 11.0. The lowest BCUT2D eigenvalue weighted by atomic mass is 10.2. The van der Waals surface area contributed by atoms with Gasteiger partial charge in [0.2, 0.25) is 11.9 Å². The van der Waals surface area contributed by atoms with Gasteiger partial charge in [0.15, 0.2) is 5.16 Å². The molecule has 2 rings (SSSR count). The minimum Gasteiger partial charge on any atom is -0.468 e. The van der Waals surface area contributed by atoms with E-state index in [0.29, 0.717) is 17.3 Å². The molecule has 1 atom stereocenters. The molecule has 0 aliphatic carbocycles. The summed E-state index contributed by atoms with van der Waals surface area (Å²) in [4.78, 5) is 24.0. The van der Waals surface area contributed by atoms with Crippen molar-refractivity contribution in [3.8, 4) is 0 Å². The third-order valence-electron chi connectivity index (χ3n) is 3.56. The zero-order valence-corrected chi connectivity index (χ0v) is 15.2. The normalized spacial score (nSPS) is 11.8. The van der Waals surface area contributed by atoms with Crippen LogP contribution in [0.3, 0.4) is 0 Å². The van der Waals surface area contributed by atoms with Crippen LogP contribution < -0.4 is 11.1 Å². The number of nitrogens with two attached hydrogens (primary N) is 1.